The topological polar surface area (TPSA) is 28.7 Å². The van der Waals surface area contributed by atoms with E-state index in [1.54, 1.807) is 0 Å². The number of aromatic amines is 1. The first-order chi connectivity index (χ1) is 12.9. The minimum absolute atomic E-state index is 0.341. The highest BCUT2D eigenvalue weighted by atomic mass is 19.4. The molecule has 1 aromatic heterocycles. The van der Waals surface area contributed by atoms with Crippen LogP contribution in [0.3, 0.4) is 0 Å². The van der Waals surface area contributed by atoms with Crippen molar-refractivity contribution >= 4 is 0 Å². The van der Waals surface area contributed by atoms with Crippen LogP contribution >= 0.6 is 0 Å². The molecule has 0 radical (unpaired) electrons. The van der Waals surface area contributed by atoms with Crippen LogP contribution in [0.5, 0.6) is 0 Å². The monoisotopic (exact) mass is 486 g/mol. The first-order valence-corrected chi connectivity index (χ1v) is 6.56. The third-order valence-corrected chi connectivity index (χ3v) is 3.58. The van der Waals surface area contributed by atoms with Crippen LogP contribution in [0.15, 0.2) is 12.4 Å². The van der Waals surface area contributed by atoms with Gasteiger partial charge in [-0.2, -0.15) is 79.7 Å². The molecular weight excluding hydrogens is 483 g/mol. The first kappa shape index (κ1) is 26.1. The number of nitrogens with one attached hydrogen (secondary N) is 1. The maximum absolute atomic E-state index is 13.5. The number of aromatic nitrogens is 2. The molecule has 1 heterocycles. The van der Waals surface area contributed by atoms with Gasteiger partial charge in [0.05, 0.1) is 11.8 Å². The molecular formula is C11H3F17N2. The SMILES string of the molecule is FC(F)(F)C(F)(F)C(F)(F)C(F)(F)C(F)(F)C(F)(F)C(F)(F)C(F)(F)c1cn[nH]c1. The van der Waals surface area contributed by atoms with Gasteiger partial charge in [-0.3, -0.25) is 5.10 Å². The number of H-pyrrole nitrogens is 1. The van der Waals surface area contributed by atoms with Crippen molar-refractivity contribution < 1.29 is 74.6 Å². The summed E-state index contributed by atoms with van der Waals surface area (Å²) in [6.07, 6.45) is -8.52. The zero-order valence-electron chi connectivity index (χ0n) is 13.0. The van der Waals surface area contributed by atoms with Crippen molar-refractivity contribution in [3.63, 3.8) is 0 Å². The fraction of sp³-hybridized carbons (Fsp3) is 0.727. The average molecular weight is 486 g/mol. The van der Waals surface area contributed by atoms with E-state index < -0.39 is 59.4 Å². The number of rotatable bonds is 7. The van der Waals surface area contributed by atoms with Gasteiger partial charge in [-0.15, -0.1) is 0 Å². The highest BCUT2D eigenvalue weighted by Gasteiger charge is 2.95. The molecule has 0 amide bonds. The Morgan fingerprint density at radius 1 is 0.500 bits per heavy atom. The zero-order chi connectivity index (χ0) is 24.4. The quantitative estimate of drug-likeness (QED) is 0.480. The summed E-state index contributed by atoms with van der Waals surface area (Å²) in [6, 6.07) is 0. The van der Waals surface area contributed by atoms with Crippen LogP contribution in [0.4, 0.5) is 74.6 Å². The second kappa shape index (κ2) is 6.51. The van der Waals surface area contributed by atoms with Gasteiger partial charge in [-0.05, 0) is 0 Å². The van der Waals surface area contributed by atoms with Crippen molar-refractivity contribution in [2.75, 3.05) is 0 Å². The van der Waals surface area contributed by atoms with Crippen LogP contribution in [0.2, 0.25) is 0 Å². The fourth-order valence-corrected chi connectivity index (χ4v) is 1.77. The van der Waals surface area contributed by atoms with Gasteiger partial charge in [0.1, 0.15) is 0 Å². The molecule has 0 aliphatic carbocycles. The lowest BCUT2D eigenvalue weighted by Gasteiger charge is -2.42. The Hall–Kier alpha value is -1.98. The number of nitrogens with zero attached hydrogens (tertiary/aromatic N) is 1. The maximum Gasteiger partial charge on any atom is 0.460 e. The van der Waals surface area contributed by atoms with Gasteiger partial charge < -0.3 is 0 Å². The van der Waals surface area contributed by atoms with Crippen LogP contribution in [-0.2, 0) is 5.92 Å². The summed E-state index contributed by atoms with van der Waals surface area (Å²) in [6.45, 7) is 0. The molecule has 30 heavy (non-hydrogen) atoms. The van der Waals surface area contributed by atoms with E-state index in [0.29, 0.717) is 0 Å². The molecule has 0 atom stereocenters. The van der Waals surface area contributed by atoms with Crippen molar-refractivity contribution in [3.8, 4) is 0 Å². The molecule has 0 aliphatic heterocycles. The average Bonchev–Trinajstić information content (AvgIpc) is 3.07. The Bertz CT molecular complexity index is 744. The highest BCUT2D eigenvalue weighted by Crippen LogP contribution is 2.64. The number of halogens is 17. The molecule has 0 fully saturated rings. The van der Waals surface area contributed by atoms with E-state index in [2.05, 4.69) is 5.10 Å². The normalized spacial score (nSPS) is 16.2. The highest BCUT2D eigenvalue weighted by molar-refractivity contribution is 5.21. The van der Waals surface area contributed by atoms with Gasteiger partial charge in [0.25, 0.3) is 0 Å². The Labute approximate surface area is 152 Å². The summed E-state index contributed by atoms with van der Waals surface area (Å²) < 4.78 is 221. The minimum atomic E-state index is -8.63. The van der Waals surface area contributed by atoms with Crippen LogP contribution in [0.1, 0.15) is 5.56 Å². The molecule has 0 bridgehead atoms. The number of hydrogen-bond donors (Lipinski definition) is 1. The Kier molecular flexibility index (Phi) is 5.65. The summed E-state index contributed by atoms with van der Waals surface area (Å²) >= 11 is 0. The van der Waals surface area contributed by atoms with E-state index in [0.717, 1.165) is 0 Å². The molecule has 19 heteroatoms. The van der Waals surface area contributed by atoms with Crippen molar-refractivity contribution in [2.45, 2.75) is 47.6 Å². The van der Waals surface area contributed by atoms with Crippen molar-refractivity contribution in [3.05, 3.63) is 18.0 Å². The minimum Gasteiger partial charge on any atom is -0.285 e. The Morgan fingerprint density at radius 3 is 1.13 bits per heavy atom. The molecule has 0 aromatic carbocycles. The lowest BCUT2D eigenvalue weighted by molar-refractivity contribution is -0.462. The molecule has 0 spiro atoms. The zero-order valence-corrected chi connectivity index (χ0v) is 13.0. The van der Waals surface area contributed by atoms with Gasteiger partial charge in [-0.1, -0.05) is 0 Å². The van der Waals surface area contributed by atoms with Gasteiger partial charge in [0, 0.05) is 6.20 Å². The van der Waals surface area contributed by atoms with Crippen LogP contribution in [-0.4, -0.2) is 51.9 Å². The molecule has 0 saturated heterocycles. The Balaban J connectivity index is 3.67. The summed E-state index contributed by atoms with van der Waals surface area (Å²) in [5.41, 5.74) is -2.38. The van der Waals surface area contributed by atoms with E-state index in [1.807, 2.05) is 0 Å². The molecule has 0 saturated carbocycles. The van der Waals surface area contributed by atoms with E-state index in [4.69, 9.17) is 0 Å². The lowest BCUT2D eigenvalue weighted by Crippen LogP contribution is -2.74. The predicted octanol–water partition coefficient (Wildman–Crippen LogP) is 5.88. The molecule has 0 unspecified atom stereocenters. The second-order valence-corrected chi connectivity index (χ2v) is 5.51. The third kappa shape index (κ3) is 2.97. The van der Waals surface area contributed by atoms with Gasteiger partial charge >= 0.3 is 47.6 Å². The van der Waals surface area contributed by atoms with Crippen LogP contribution < -0.4 is 0 Å². The van der Waals surface area contributed by atoms with Gasteiger partial charge in [-0.25, -0.2) is 0 Å². The summed E-state index contributed by atoms with van der Waals surface area (Å²) in [4.78, 5) is 0. The largest absolute Gasteiger partial charge is 0.460 e. The third-order valence-electron chi connectivity index (χ3n) is 3.58. The molecule has 1 rings (SSSR count). The predicted molar refractivity (Wildman–Crippen MR) is 58.2 cm³/mol. The lowest BCUT2D eigenvalue weighted by atomic mass is 9.88. The second-order valence-electron chi connectivity index (χ2n) is 5.51. The smallest absolute Gasteiger partial charge is 0.285 e. The molecule has 176 valence electrons. The van der Waals surface area contributed by atoms with E-state index in [1.165, 1.54) is 5.10 Å². The van der Waals surface area contributed by atoms with Crippen molar-refractivity contribution in [1.29, 1.82) is 0 Å². The van der Waals surface area contributed by atoms with E-state index in [9.17, 15) is 74.6 Å². The van der Waals surface area contributed by atoms with E-state index in [-0.39, 0.29) is 6.20 Å². The number of hydrogen-bond acceptors (Lipinski definition) is 1. The summed E-state index contributed by atoms with van der Waals surface area (Å²) in [5, 5.41) is 3.83. The molecule has 1 N–H and O–H groups in total. The van der Waals surface area contributed by atoms with Gasteiger partial charge in [0.15, 0.2) is 0 Å². The first-order valence-electron chi connectivity index (χ1n) is 6.56. The maximum atomic E-state index is 13.5. The van der Waals surface area contributed by atoms with Crippen molar-refractivity contribution in [2.24, 2.45) is 0 Å². The summed E-state index contributed by atoms with van der Waals surface area (Å²) in [5.74, 6) is -56.5. The molecule has 0 aliphatic rings. The van der Waals surface area contributed by atoms with Crippen LogP contribution in [0.25, 0.3) is 0 Å². The fourth-order valence-electron chi connectivity index (χ4n) is 1.77. The van der Waals surface area contributed by atoms with Gasteiger partial charge in [0.2, 0.25) is 0 Å². The number of alkyl halides is 17. The Morgan fingerprint density at radius 2 is 0.833 bits per heavy atom. The van der Waals surface area contributed by atoms with Crippen LogP contribution in [0, 0.1) is 0 Å². The molecule has 1 aromatic rings. The molecule has 2 nitrogen and oxygen atoms in total. The van der Waals surface area contributed by atoms with E-state index >= 15 is 0 Å². The van der Waals surface area contributed by atoms with Crippen molar-refractivity contribution in [1.82, 2.24) is 10.2 Å². The summed E-state index contributed by atoms with van der Waals surface area (Å²) in [7, 11) is 0. The standard InChI is InChI=1S/C11H3F17N2/c12-4(13,3-1-29-30-2-3)5(14,15)6(16,17)7(18,19)8(20,21)9(22,23)10(24,25)11(26,27)28/h1-2H,(H,29,30).